The lowest BCUT2D eigenvalue weighted by molar-refractivity contribution is 0.579. The van der Waals surface area contributed by atoms with Crippen molar-refractivity contribution >= 4 is 35.0 Å². The summed E-state index contributed by atoms with van der Waals surface area (Å²) in [7, 11) is -2.02. The summed E-state index contributed by atoms with van der Waals surface area (Å²) in [5.74, 6) is 0. The predicted octanol–water partition coefficient (Wildman–Crippen LogP) is 3.60. The molecule has 2 saturated carbocycles. The first-order valence-corrected chi connectivity index (χ1v) is 8.49. The van der Waals surface area contributed by atoms with Crippen LogP contribution in [-0.4, -0.2) is 11.3 Å². The summed E-state index contributed by atoms with van der Waals surface area (Å²) in [6, 6.07) is 8.37. The van der Waals surface area contributed by atoms with Gasteiger partial charge in [-0.15, -0.1) is 0 Å². The van der Waals surface area contributed by atoms with Crippen LogP contribution in [0.5, 0.6) is 0 Å². The minimum atomic E-state index is -2.02. The van der Waals surface area contributed by atoms with Crippen molar-refractivity contribution in [1.29, 1.82) is 0 Å². The summed E-state index contributed by atoms with van der Waals surface area (Å²) < 4.78 is 14.3. The van der Waals surface area contributed by atoms with Crippen molar-refractivity contribution in [2.24, 2.45) is 0 Å². The third-order valence-corrected chi connectivity index (χ3v) is 8.44. The quantitative estimate of drug-likeness (QED) is 0.611. The highest BCUT2D eigenvalue weighted by molar-refractivity contribution is 14.1. The summed E-state index contributed by atoms with van der Waals surface area (Å²) in [5.41, 5.74) is 1.06. The Morgan fingerprint density at radius 2 is 1.47 bits per heavy atom. The first kappa shape index (κ1) is 10.3. The molecule has 0 bridgehead atoms. The SMILES string of the molecule is O=P(c1ccc(I)cc1)(C1CC1)C1CC1. The number of halogens is 1. The molecule has 15 heavy (non-hydrogen) atoms. The average Bonchev–Trinajstić information content (AvgIpc) is 3.07. The van der Waals surface area contributed by atoms with E-state index in [4.69, 9.17) is 0 Å². The Balaban J connectivity index is 2.01. The topological polar surface area (TPSA) is 17.1 Å². The Labute approximate surface area is 104 Å². The molecule has 2 fully saturated rings. The smallest absolute Gasteiger partial charge is 0.121 e. The number of rotatable bonds is 3. The molecule has 3 rings (SSSR count). The standard InChI is InChI=1S/C12H14IOP/c13-9-1-3-10(4-2-9)15(14,11-5-6-11)12-7-8-12/h1-4,11-12H,5-8H2. The van der Waals surface area contributed by atoms with Gasteiger partial charge in [0.15, 0.2) is 0 Å². The fraction of sp³-hybridized carbons (Fsp3) is 0.500. The molecule has 1 aromatic rings. The van der Waals surface area contributed by atoms with Crippen LogP contribution in [0.3, 0.4) is 0 Å². The molecule has 0 saturated heterocycles. The van der Waals surface area contributed by atoms with Gasteiger partial charge in [-0.3, -0.25) is 0 Å². The average molecular weight is 332 g/mol. The minimum absolute atomic E-state index is 0.532. The van der Waals surface area contributed by atoms with Gasteiger partial charge in [0.2, 0.25) is 0 Å². The predicted molar refractivity (Wildman–Crippen MR) is 72.4 cm³/mol. The summed E-state index contributed by atoms with van der Waals surface area (Å²) in [6.45, 7) is 0. The van der Waals surface area contributed by atoms with Crippen LogP contribution in [0.25, 0.3) is 0 Å². The van der Waals surface area contributed by atoms with Gasteiger partial charge in [-0.1, -0.05) is 12.1 Å². The van der Waals surface area contributed by atoms with Crippen LogP contribution >= 0.6 is 29.7 Å². The van der Waals surface area contributed by atoms with Crippen molar-refractivity contribution < 1.29 is 4.57 Å². The van der Waals surface area contributed by atoms with E-state index in [1.165, 1.54) is 29.3 Å². The Bertz CT molecular complexity index is 402. The molecule has 3 heteroatoms. The maximum atomic E-state index is 13.0. The van der Waals surface area contributed by atoms with Crippen molar-refractivity contribution in [3.63, 3.8) is 0 Å². The molecule has 80 valence electrons. The van der Waals surface area contributed by atoms with E-state index in [1.807, 2.05) is 0 Å². The van der Waals surface area contributed by atoms with E-state index >= 15 is 0 Å². The van der Waals surface area contributed by atoms with Crippen LogP contribution < -0.4 is 5.30 Å². The van der Waals surface area contributed by atoms with Gasteiger partial charge in [-0.05, 0) is 60.4 Å². The molecule has 0 N–H and O–H groups in total. The van der Waals surface area contributed by atoms with E-state index in [9.17, 15) is 4.57 Å². The monoisotopic (exact) mass is 332 g/mol. The molecule has 0 radical (unpaired) electrons. The van der Waals surface area contributed by atoms with Crippen molar-refractivity contribution in [3.05, 3.63) is 27.8 Å². The van der Waals surface area contributed by atoms with E-state index in [-0.39, 0.29) is 0 Å². The molecular weight excluding hydrogens is 318 g/mol. The van der Waals surface area contributed by atoms with E-state index in [0.29, 0.717) is 11.3 Å². The maximum Gasteiger partial charge on any atom is 0.121 e. The van der Waals surface area contributed by atoms with E-state index in [1.54, 1.807) is 0 Å². The van der Waals surface area contributed by atoms with Crippen LogP contribution in [0.2, 0.25) is 0 Å². The van der Waals surface area contributed by atoms with Gasteiger partial charge in [0.25, 0.3) is 0 Å². The van der Waals surface area contributed by atoms with E-state index in [0.717, 1.165) is 5.30 Å². The molecule has 1 aromatic carbocycles. The highest BCUT2D eigenvalue weighted by Crippen LogP contribution is 2.69. The van der Waals surface area contributed by atoms with Crippen molar-refractivity contribution in [3.8, 4) is 0 Å². The van der Waals surface area contributed by atoms with Crippen LogP contribution in [0.4, 0.5) is 0 Å². The zero-order valence-electron chi connectivity index (χ0n) is 8.53. The van der Waals surface area contributed by atoms with Gasteiger partial charge in [0.1, 0.15) is 7.14 Å². The summed E-state index contributed by atoms with van der Waals surface area (Å²) in [5, 5.41) is 1.15. The first-order valence-electron chi connectivity index (χ1n) is 5.57. The van der Waals surface area contributed by atoms with E-state index in [2.05, 4.69) is 46.9 Å². The second kappa shape index (κ2) is 3.59. The molecule has 0 atom stereocenters. The molecule has 1 nitrogen and oxygen atoms in total. The molecular formula is C12H14IOP. The van der Waals surface area contributed by atoms with Gasteiger partial charge in [-0.25, -0.2) is 0 Å². The van der Waals surface area contributed by atoms with Crippen LogP contribution in [0, 0.1) is 3.57 Å². The molecule has 2 aliphatic rings. The lowest BCUT2D eigenvalue weighted by atomic mass is 10.4. The number of benzene rings is 1. The largest absolute Gasteiger partial charge is 0.318 e. The zero-order chi connectivity index (χ0) is 10.5. The molecule has 0 aliphatic heterocycles. The van der Waals surface area contributed by atoms with Crippen molar-refractivity contribution in [1.82, 2.24) is 0 Å². The van der Waals surface area contributed by atoms with Gasteiger partial charge in [0.05, 0.1) is 0 Å². The summed E-state index contributed by atoms with van der Waals surface area (Å²) in [4.78, 5) is 0. The third kappa shape index (κ3) is 1.80. The van der Waals surface area contributed by atoms with Crippen LogP contribution in [0.1, 0.15) is 25.7 Å². The number of hydrogen-bond acceptors (Lipinski definition) is 1. The Morgan fingerprint density at radius 1 is 1.00 bits per heavy atom. The van der Waals surface area contributed by atoms with Crippen LogP contribution in [0.15, 0.2) is 24.3 Å². The molecule has 0 heterocycles. The minimum Gasteiger partial charge on any atom is -0.318 e. The molecule has 2 aliphatic carbocycles. The van der Waals surface area contributed by atoms with Crippen LogP contribution in [-0.2, 0) is 4.57 Å². The van der Waals surface area contributed by atoms with Gasteiger partial charge >= 0.3 is 0 Å². The first-order chi connectivity index (χ1) is 7.21. The maximum absolute atomic E-state index is 13.0. The Hall–Kier alpha value is 0.180. The molecule has 0 amide bonds. The summed E-state index contributed by atoms with van der Waals surface area (Å²) in [6.07, 6.45) is 4.78. The zero-order valence-corrected chi connectivity index (χ0v) is 11.6. The van der Waals surface area contributed by atoms with Crippen molar-refractivity contribution in [2.45, 2.75) is 37.0 Å². The fourth-order valence-electron chi connectivity index (χ4n) is 2.31. The third-order valence-electron chi connectivity index (χ3n) is 3.41. The molecule has 0 unspecified atom stereocenters. The lowest BCUT2D eigenvalue weighted by Gasteiger charge is -2.17. The van der Waals surface area contributed by atoms with Gasteiger partial charge in [-0.2, -0.15) is 0 Å². The van der Waals surface area contributed by atoms with E-state index < -0.39 is 7.14 Å². The van der Waals surface area contributed by atoms with Crippen molar-refractivity contribution in [2.75, 3.05) is 0 Å². The lowest BCUT2D eigenvalue weighted by Crippen LogP contribution is -2.11. The Kier molecular flexibility index (Phi) is 2.48. The highest BCUT2D eigenvalue weighted by atomic mass is 127. The molecule has 0 aromatic heterocycles. The van der Waals surface area contributed by atoms with Gasteiger partial charge in [0, 0.05) is 20.2 Å². The number of hydrogen-bond donors (Lipinski definition) is 0. The summed E-state index contributed by atoms with van der Waals surface area (Å²) >= 11 is 2.30. The second-order valence-electron chi connectivity index (χ2n) is 4.65. The second-order valence-corrected chi connectivity index (χ2v) is 9.29. The normalized spacial score (nSPS) is 21.7. The van der Waals surface area contributed by atoms with Gasteiger partial charge < -0.3 is 4.57 Å². The Morgan fingerprint density at radius 3 is 1.87 bits per heavy atom. The molecule has 0 spiro atoms. The fourth-order valence-corrected chi connectivity index (χ4v) is 6.56. The highest BCUT2D eigenvalue weighted by Gasteiger charge is 2.51.